The number of carbonyl (C=O) groups is 3. The maximum Gasteiger partial charge on any atom is 0.407 e. The number of rotatable bonds is 7. The van der Waals surface area contributed by atoms with Crippen molar-refractivity contribution < 1.29 is 32.6 Å². The number of nitrogens with one attached hydrogen (secondary N) is 1. The van der Waals surface area contributed by atoms with E-state index in [2.05, 4.69) is 5.32 Å². The van der Waals surface area contributed by atoms with E-state index in [1.165, 1.54) is 4.90 Å². The van der Waals surface area contributed by atoms with E-state index in [9.17, 15) is 27.9 Å². The van der Waals surface area contributed by atoms with Crippen LogP contribution in [0, 0.1) is 0 Å². The topological polar surface area (TPSA) is 130 Å². The van der Waals surface area contributed by atoms with E-state index in [0.29, 0.717) is 19.4 Å². The SMILES string of the molecule is CS(=O)(=O)C1CCCN(C(=O)C(CC(=O)O)NC(=O)OCC2c3ccccc3-c3ccccc32)C1. The maximum absolute atomic E-state index is 13.0. The van der Waals surface area contributed by atoms with Gasteiger partial charge in [0.15, 0.2) is 9.84 Å². The minimum absolute atomic E-state index is 0.0215. The molecule has 35 heavy (non-hydrogen) atoms. The standard InChI is InChI=1S/C25H28N2O7S/c1-35(32,33)16-7-6-12-27(14-16)24(30)22(13-23(28)29)26-25(31)34-15-21-19-10-4-2-8-17(19)18-9-3-5-11-20(18)21/h2-5,8-11,16,21-22H,6-7,12-15H2,1H3,(H,26,31)(H,28,29). The second-order valence-electron chi connectivity index (χ2n) is 9.00. The van der Waals surface area contributed by atoms with Gasteiger partial charge < -0.3 is 20.1 Å². The number of carboxylic acid groups (broad SMARTS) is 1. The van der Waals surface area contributed by atoms with E-state index in [0.717, 1.165) is 28.5 Å². The monoisotopic (exact) mass is 500 g/mol. The predicted molar refractivity (Wildman–Crippen MR) is 129 cm³/mol. The third-order valence-corrected chi connectivity index (χ3v) is 8.20. The number of carboxylic acids is 1. The number of piperidine rings is 1. The van der Waals surface area contributed by atoms with E-state index in [-0.39, 0.29) is 19.1 Å². The van der Waals surface area contributed by atoms with Crippen molar-refractivity contribution in [3.63, 3.8) is 0 Å². The number of carbonyl (C=O) groups excluding carboxylic acids is 2. The molecule has 1 heterocycles. The molecule has 1 aliphatic heterocycles. The highest BCUT2D eigenvalue weighted by Gasteiger charge is 2.35. The average Bonchev–Trinajstić information content (AvgIpc) is 3.15. The molecule has 1 fully saturated rings. The van der Waals surface area contributed by atoms with Gasteiger partial charge >= 0.3 is 12.1 Å². The molecule has 2 aliphatic rings. The number of ether oxygens (including phenoxy) is 1. The lowest BCUT2D eigenvalue weighted by atomic mass is 9.98. The number of hydrogen-bond donors (Lipinski definition) is 2. The Morgan fingerprint density at radius 3 is 2.26 bits per heavy atom. The van der Waals surface area contributed by atoms with E-state index >= 15 is 0 Å². The van der Waals surface area contributed by atoms with Gasteiger partial charge in [0.05, 0.1) is 11.7 Å². The summed E-state index contributed by atoms with van der Waals surface area (Å²) in [5.74, 6) is -2.08. The molecule has 2 aromatic rings. The number of sulfone groups is 1. The lowest BCUT2D eigenvalue weighted by Crippen LogP contribution is -2.53. The first-order valence-corrected chi connectivity index (χ1v) is 13.4. The maximum atomic E-state index is 13.0. The number of likely N-dealkylation sites (tertiary alicyclic amines) is 1. The summed E-state index contributed by atoms with van der Waals surface area (Å²) in [5, 5.41) is 11.0. The lowest BCUT2D eigenvalue weighted by Gasteiger charge is -2.34. The Balaban J connectivity index is 1.43. The van der Waals surface area contributed by atoms with Crippen LogP contribution in [-0.2, 0) is 24.2 Å². The molecule has 0 saturated carbocycles. The second kappa shape index (κ2) is 10.1. The second-order valence-corrected chi connectivity index (χ2v) is 11.3. The summed E-state index contributed by atoms with van der Waals surface area (Å²) in [6.45, 7) is 0.293. The molecule has 1 saturated heterocycles. The fraction of sp³-hybridized carbons (Fsp3) is 0.400. The van der Waals surface area contributed by atoms with E-state index in [1.54, 1.807) is 0 Å². The van der Waals surface area contributed by atoms with Crippen molar-refractivity contribution in [2.75, 3.05) is 26.0 Å². The Labute approximate surface area is 204 Å². The van der Waals surface area contributed by atoms with Gasteiger partial charge in [-0.25, -0.2) is 13.2 Å². The molecule has 4 rings (SSSR count). The Morgan fingerprint density at radius 2 is 1.69 bits per heavy atom. The van der Waals surface area contributed by atoms with Crippen LogP contribution in [0.2, 0.25) is 0 Å². The van der Waals surface area contributed by atoms with Crippen LogP contribution in [-0.4, -0.2) is 73.6 Å². The predicted octanol–water partition coefficient (Wildman–Crippen LogP) is 2.40. The van der Waals surface area contributed by atoms with Crippen molar-refractivity contribution in [2.24, 2.45) is 0 Å². The van der Waals surface area contributed by atoms with Gasteiger partial charge in [-0.05, 0) is 35.1 Å². The third kappa shape index (κ3) is 5.48. The van der Waals surface area contributed by atoms with Crippen molar-refractivity contribution in [2.45, 2.75) is 36.5 Å². The van der Waals surface area contributed by atoms with Crippen LogP contribution in [0.5, 0.6) is 0 Å². The van der Waals surface area contributed by atoms with Gasteiger partial charge in [-0.3, -0.25) is 9.59 Å². The van der Waals surface area contributed by atoms with Crippen LogP contribution >= 0.6 is 0 Å². The number of hydrogen-bond acceptors (Lipinski definition) is 6. The molecular weight excluding hydrogens is 472 g/mol. The Bertz CT molecular complexity index is 1200. The van der Waals surface area contributed by atoms with Crippen molar-refractivity contribution in [3.05, 3.63) is 59.7 Å². The van der Waals surface area contributed by atoms with Crippen LogP contribution < -0.4 is 5.32 Å². The first-order chi connectivity index (χ1) is 16.6. The molecule has 10 heteroatoms. The summed E-state index contributed by atoms with van der Waals surface area (Å²) in [5.41, 5.74) is 4.20. The number of nitrogens with zero attached hydrogens (tertiary/aromatic N) is 1. The molecule has 2 amide bonds. The third-order valence-electron chi connectivity index (χ3n) is 6.61. The summed E-state index contributed by atoms with van der Waals surface area (Å²) in [4.78, 5) is 38.4. The molecule has 2 atom stereocenters. The summed E-state index contributed by atoms with van der Waals surface area (Å²) >= 11 is 0. The first-order valence-electron chi connectivity index (χ1n) is 11.5. The van der Waals surface area contributed by atoms with Crippen LogP contribution in [0.4, 0.5) is 4.79 Å². The van der Waals surface area contributed by atoms with Gasteiger partial charge in [-0.15, -0.1) is 0 Å². The Kier molecular flexibility index (Phi) is 7.11. The van der Waals surface area contributed by atoms with Gasteiger partial charge in [-0.1, -0.05) is 48.5 Å². The average molecular weight is 501 g/mol. The van der Waals surface area contributed by atoms with Gasteiger partial charge in [0, 0.05) is 25.3 Å². The zero-order chi connectivity index (χ0) is 25.2. The molecule has 186 valence electrons. The molecule has 0 radical (unpaired) electrons. The van der Waals surface area contributed by atoms with E-state index < -0.39 is 45.5 Å². The van der Waals surface area contributed by atoms with Gasteiger partial charge in [0.1, 0.15) is 12.6 Å². The Morgan fingerprint density at radius 1 is 1.09 bits per heavy atom. The van der Waals surface area contributed by atoms with Crippen molar-refractivity contribution in [1.29, 1.82) is 0 Å². The molecular formula is C25H28N2O7S. The van der Waals surface area contributed by atoms with Crippen LogP contribution in [0.25, 0.3) is 11.1 Å². The Hall–Kier alpha value is -3.40. The number of aliphatic carboxylic acids is 1. The van der Waals surface area contributed by atoms with Crippen LogP contribution in [0.1, 0.15) is 36.3 Å². The minimum atomic E-state index is -3.35. The highest BCUT2D eigenvalue weighted by molar-refractivity contribution is 7.91. The number of amides is 2. The molecule has 0 spiro atoms. The molecule has 2 N–H and O–H groups in total. The van der Waals surface area contributed by atoms with Gasteiger partial charge in [-0.2, -0.15) is 0 Å². The fourth-order valence-electron chi connectivity index (χ4n) is 4.87. The smallest absolute Gasteiger partial charge is 0.407 e. The zero-order valence-electron chi connectivity index (χ0n) is 19.3. The molecule has 9 nitrogen and oxygen atoms in total. The lowest BCUT2D eigenvalue weighted by molar-refractivity contribution is -0.142. The highest BCUT2D eigenvalue weighted by Crippen LogP contribution is 2.44. The van der Waals surface area contributed by atoms with Crippen LogP contribution in [0.15, 0.2) is 48.5 Å². The van der Waals surface area contributed by atoms with Gasteiger partial charge in [0.25, 0.3) is 0 Å². The summed E-state index contributed by atoms with van der Waals surface area (Å²) in [7, 11) is -3.35. The summed E-state index contributed by atoms with van der Waals surface area (Å²) < 4.78 is 29.3. The van der Waals surface area contributed by atoms with E-state index in [1.807, 2.05) is 48.5 Å². The molecule has 1 aliphatic carbocycles. The normalized spacial score (nSPS) is 18.3. The number of fused-ring (bicyclic) bond motifs is 3. The molecule has 0 bridgehead atoms. The summed E-state index contributed by atoms with van der Waals surface area (Å²) in [6, 6.07) is 14.4. The van der Waals surface area contributed by atoms with Crippen molar-refractivity contribution in [3.8, 4) is 11.1 Å². The number of alkyl carbamates (subject to hydrolysis) is 1. The van der Waals surface area contributed by atoms with E-state index in [4.69, 9.17) is 4.74 Å². The summed E-state index contributed by atoms with van der Waals surface area (Å²) in [6.07, 6.45) is 0.502. The fourth-order valence-corrected chi connectivity index (χ4v) is 5.91. The van der Waals surface area contributed by atoms with Gasteiger partial charge in [0.2, 0.25) is 5.91 Å². The quantitative estimate of drug-likeness (QED) is 0.597. The van der Waals surface area contributed by atoms with Crippen molar-refractivity contribution >= 4 is 27.8 Å². The zero-order valence-corrected chi connectivity index (χ0v) is 20.2. The molecule has 0 aromatic heterocycles. The first kappa shape index (κ1) is 24.7. The highest BCUT2D eigenvalue weighted by atomic mass is 32.2. The number of benzene rings is 2. The van der Waals surface area contributed by atoms with Crippen LogP contribution in [0.3, 0.4) is 0 Å². The molecule has 2 unspecified atom stereocenters. The minimum Gasteiger partial charge on any atom is -0.481 e. The molecule has 2 aromatic carbocycles. The largest absolute Gasteiger partial charge is 0.481 e. The van der Waals surface area contributed by atoms with Crippen molar-refractivity contribution in [1.82, 2.24) is 10.2 Å².